The molecule has 5 heteroatoms. The molecule has 0 radical (unpaired) electrons. The first-order valence-corrected chi connectivity index (χ1v) is 10.1. The second kappa shape index (κ2) is 10.6. The van der Waals surface area contributed by atoms with Gasteiger partial charge in [0.25, 0.3) is 0 Å². The molecular weight excluding hydrogens is 300 g/mol. The van der Waals surface area contributed by atoms with E-state index in [0.29, 0.717) is 12.5 Å². The van der Waals surface area contributed by atoms with E-state index < -0.39 is 0 Å². The van der Waals surface area contributed by atoms with Crippen LogP contribution in [0.2, 0.25) is 0 Å². The van der Waals surface area contributed by atoms with Crippen LogP contribution in [0.25, 0.3) is 0 Å². The zero-order chi connectivity index (χ0) is 17.2. The number of nitrogens with one attached hydrogen (secondary N) is 2. The summed E-state index contributed by atoms with van der Waals surface area (Å²) in [5, 5.41) is 6.84. The lowest BCUT2D eigenvalue weighted by Crippen LogP contribution is -2.45. The molecule has 1 saturated heterocycles. The van der Waals surface area contributed by atoms with Gasteiger partial charge in [0.05, 0.1) is 0 Å². The van der Waals surface area contributed by atoms with E-state index in [2.05, 4.69) is 17.6 Å². The lowest BCUT2D eigenvalue weighted by molar-refractivity contribution is -0.129. The minimum Gasteiger partial charge on any atom is -0.357 e. The van der Waals surface area contributed by atoms with Crippen molar-refractivity contribution in [3.05, 3.63) is 0 Å². The van der Waals surface area contributed by atoms with Gasteiger partial charge in [0.1, 0.15) is 0 Å². The number of amides is 1. The largest absolute Gasteiger partial charge is 0.357 e. The molecule has 0 bridgehead atoms. The topological polar surface area (TPSA) is 56.7 Å². The molecule has 0 aromatic heterocycles. The van der Waals surface area contributed by atoms with E-state index in [9.17, 15) is 4.79 Å². The Morgan fingerprint density at radius 1 is 1.17 bits per heavy atom. The summed E-state index contributed by atoms with van der Waals surface area (Å²) in [6, 6.07) is 0.330. The molecule has 0 aromatic carbocycles. The molecule has 5 nitrogen and oxygen atoms in total. The first-order valence-electron chi connectivity index (χ1n) is 10.1. The van der Waals surface area contributed by atoms with Crippen LogP contribution in [-0.2, 0) is 4.79 Å². The van der Waals surface area contributed by atoms with Gasteiger partial charge in [-0.25, -0.2) is 0 Å². The second-order valence-corrected chi connectivity index (χ2v) is 7.23. The van der Waals surface area contributed by atoms with Crippen molar-refractivity contribution in [3.63, 3.8) is 0 Å². The number of hydrogen-bond donors (Lipinski definition) is 2. The van der Waals surface area contributed by atoms with Gasteiger partial charge < -0.3 is 15.5 Å². The van der Waals surface area contributed by atoms with Crippen LogP contribution in [0, 0.1) is 5.92 Å². The molecule has 1 heterocycles. The van der Waals surface area contributed by atoms with Gasteiger partial charge in [0, 0.05) is 38.6 Å². The molecule has 1 atom stereocenters. The fourth-order valence-corrected chi connectivity index (χ4v) is 3.88. The number of aliphatic imine (C=N–C) groups is 1. The molecule has 2 rings (SSSR count). The van der Waals surface area contributed by atoms with Crippen LogP contribution in [0.4, 0.5) is 0 Å². The van der Waals surface area contributed by atoms with Gasteiger partial charge >= 0.3 is 0 Å². The lowest BCUT2D eigenvalue weighted by Gasteiger charge is -2.18. The Morgan fingerprint density at radius 3 is 2.67 bits per heavy atom. The smallest absolute Gasteiger partial charge is 0.222 e. The maximum Gasteiger partial charge on any atom is 0.222 e. The second-order valence-electron chi connectivity index (χ2n) is 7.23. The van der Waals surface area contributed by atoms with Crippen LogP contribution in [0.3, 0.4) is 0 Å². The molecule has 1 unspecified atom stereocenters. The van der Waals surface area contributed by atoms with Gasteiger partial charge in [-0.2, -0.15) is 0 Å². The Kier molecular flexibility index (Phi) is 8.40. The number of hydrogen-bond acceptors (Lipinski definition) is 2. The first kappa shape index (κ1) is 19.1. The monoisotopic (exact) mass is 336 g/mol. The summed E-state index contributed by atoms with van der Waals surface area (Å²) in [6.45, 7) is 7.47. The number of carbonyl (C=O) groups is 1. The number of nitrogens with zero attached hydrogens (tertiary/aromatic N) is 2. The van der Waals surface area contributed by atoms with Crippen LogP contribution in [0.1, 0.15) is 71.6 Å². The van der Waals surface area contributed by atoms with Gasteiger partial charge in [-0.1, -0.05) is 45.4 Å². The molecular formula is C19H36N4O. The quantitative estimate of drug-likeness (QED) is 0.407. The molecule has 0 aromatic rings. The summed E-state index contributed by atoms with van der Waals surface area (Å²) in [5.74, 6) is 2.16. The Bertz CT molecular complexity index is 404. The van der Waals surface area contributed by atoms with E-state index in [4.69, 9.17) is 4.99 Å². The summed E-state index contributed by atoms with van der Waals surface area (Å²) in [7, 11) is 0. The standard InChI is InChI=1S/C19H36N4O/c1-3-18(24)23-14-12-17(15-23)22-19(20-4-2)21-13-8-7-11-16-9-5-6-10-16/h16-17H,3-15H2,1-2H3,(H2,20,21,22). The summed E-state index contributed by atoms with van der Waals surface area (Å²) < 4.78 is 0. The molecule has 2 aliphatic rings. The van der Waals surface area contributed by atoms with E-state index in [-0.39, 0.29) is 5.91 Å². The predicted octanol–water partition coefficient (Wildman–Crippen LogP) is 2.91. The minimum atomic E-state index is 0.258. The van der Waals surface area contributed by atoms with Gasteiger partial charge in [0.2, 0.25) is 5.91 Å². The van der Waals surface area contributed by atoms with E-state index in [1.165, 1.54) is 44.9 Å². The Hall–Kier alpha value is -1.26. The molecule has 1 aliphatic heterocycles. The molecule has 1 aliphatic carbocycles. The molecule has 1 amide bonds. The lowest BCUT2D eigenvalue weighted by atomic mass is 10.0. The van der Waals surface area contributed by atoms with E-state index in [1.54, 1.807) is 0 Å². The van der Waals surface area contributed by atoms with Crippen molar-refractivity contribution in [3.8, 4) is 0 Å². The van der Waals surface area contributed by atoms with E-state index in [1.807, 2.05) is 11.8 Å². The molecule has 0 spiro atoms. The van der Waals surface area contributed by atoms with E-state index in [0.717, 1.165) is 44.5 Å². The third kappa shape index (κ3) is 6.33. The third-order valence-corrected chi connectivity index (χ3v) is 5.29. The Balaban J connectivity index is 1.67. The number of likely N-dealkylation sites (tertiary alicyclic amines) is 1. The molecule has 2 N–H and O–H groups in total. The normalized spacial score (nSPS) is 22.2. The maximum absolute atomic E-state index is 11.8. The van der Waals surface area contributed by atoms with Crippen molar-refractivity contribution in [2.24, 2.45) is 10.9 Å². The molecule has 138 valence electrons. The average Bonchev–Trinajstić information content (AvgIpc) is 3.25. The van der Waals surface area contributed by atoms with Crippen LogP contribution in [0.15, 0.2) is 4.99 Å². The van der Waals surface area contributed by atoms with Crippen molar-refractivity contribution in [1.82, 2.24) is 15.5 Å². The van der Waals surface area contributed by atoms with Crippen molar-refractivity contribution >= 4 is 11.9 Å². The van der Waals surface area contributed by atoms with Crippen LogP contribution < -0.4 is 10.6 Å². The predicted molar refractivity (Wildman–Crippen MR) is 100 cm³/mol. The van der Waals surface area contributed by atoms with Gasteiger partial charge in [-0.05, 0) is 25.7 Å². The SMILES string of the molecule is CCNC(=NCCCCC1CCCC1)NC1CCN(C(=O)CC)C1. The highest BCUT2D eigenvalue weighted by atomic mass is 16.2. The van der Waals surface area contributed by atoms with Gasteiger partial charge in [-0.15, -0.1) is 0 Å². The van der Waals surface area contributed by atoms with Crippen molar-refractivity contribution in [2.75, 3.05) is 26.2 Å². The zero-order valence-electron chi connectivity index (χ0n) is 15.6. The van der Waals surface area contributed by atoms with Crippen molar-refractivity contribution in [1.29, 1.82) is 0 Å². The molecule has 1 saturated carbocycles. The van der Waals surface area contributed by atoms with Gasteiger partial charge in [0.15, 0.2) is 5.96 Å². The Morgan fingerprint density at radius 2 is 1.96 bits per heavy atom. The molecule has 2 fully saturated rings. The highest BCUT2D eigenvalue weighted by molar-refractivity contribution is 5.80. The highest BCUT2D eigenvalue weighted by Crippen LogP contribution is 2.28. The third-order valence-electron chi connectivity index (χ3n) is 5.29. The molecule has 24 heavy (non-hydrogen) atoms. The number of carbonyl (C=O) groups excluding carboxylic acids is 1. The fraction of sp³-hybridized carbons (Fsp3) is 0.895. The first-order chi connectivity index (χ1) is 11.7. The van der Waals surface area contributed by atoms with Crippen LogP contribution in [-0.4, -0.2) is 49.0 Å². The summed E-state index contributed by atoms with van der Waals surface area (Å²) in [5.41, 5.74) is 0. The summed E-state index contributed by atoms with van der Waals surface area (Å²) in [4.78, 5) is 18.5. The number of guanidine groups is 1. The average molecular weight is 337 g/mol. The van der Waals surface area contributed by atoms with E-state index >= 15 is 0 Å². The van der Waals surface area contributed by atoms with Crippen LogP contribution in [0.5, 0.6) is 0 Å². The van der Waals surface area contributed by atoms with Crippen molar-refractivity contribution < 1.29 is 4.79 Å². The minimum absolute atomic E-state index is 0.258. The Labute approximate surface area is 147 Å². The number of unbranched alkanes of at least 4 members (excludes halogenated alkanes) is 1. The van der Waals surface area contributed by atoms with Crippen LogP contribution >= 0.6 is 0 Å². The fourth-order valence-electron chi connectivity index (χ4n) is 3.88. The summed E-state index contributed by atoms with van der Waals surface area (Å²) in [6.07, 6.45) is 11.3. The highest BCUT2D eigenvalue weighted by Gasteiger charge is 2.25. The zero-order valence-corrected chi connectivity index (χ0v) is 15.6. The van der Waals surface area contributed by atoms with Gasteiger partial charge in [-0.3, -0.25) is 9.79 Å². The summed E-state index contributed by atoms with van der Waals surface area (Å²) >= 11 is 0. The van der Waals surface area contributed by atoms with Crippen molar-refractivity contribution in [2.45, 2.75) is 77.7 Å². The maximum atomic E-state index is 11.8. The number of rotatable bonds is 8.